The van der Waals surface area contributed by atoms with Crippen LogP contribution >= 0.6 is 15.9 Å². The molecule has 2 N–H and O–H groups in total. The molecule has 0 bridgehead atoms. The second-order valence-electron chi connectivity index (χ2n) is 5.26. The third-order valence-corrected chi connectivity index (χ3v) is 4.06. The lowest BCUT2D eigenvalue weighted by molar-refractivity contribution is 0.0731. The van der Waals surface area contributed by atoms with Crippen molar-refractivity contribution in [2.24, 2.45) is 0 Å². The molecule has 1 aromatic carbocycles. The molecule has 1 saturated carbocycles. The van der Waals surface area contributed by atoms with Gasteiger partial charge in [-0.25, -0.2) is 0 Å². The summed E-state index contributed by atoms with van der Waals surface area (Å²) in [5, 5.41) is 0. The average molecular weight is 346 g/mol. The van der Waals surface area contributed by atoms with E-state index < -0.39 is 0 Å². The first-order valence-electron chi connectivity index (χ1n) is 6.90. The second-order valence-corrected chi connectivity index (χ2v) is 6.17. The normalized spacial score (nSPS) is 14.0. The third-order valence-electron chi connectivity index (χ3n) is 3.57. The first kappa shape index (κ1) is 14.1. The molecule has 1 aromatic heterocycles. The Labute approximate surface area is 132 Å². The zero-order valence-electron chi connectivity index (χ0n) is 11.5. The van der Waals surface area contributed by atoms with Crippen LogP contribution in [0.4, 0.5) is 5.69 Å². The summed E-state index contributed by atoms with van der Waals surface area (Å²) in [5.74, 6) is -0.0137. The number of pyridine rings is 1. The van der Waals surface area contributed by atoms with Crippen LogP contribution in [0.2, 0.25) is 0 Å². The minimum atomic E-state index is -0.0137. The molecule has 5 heteroatoms. The molecule has 0 atom stereocenters. The fourth-order valence-corrected chi connectivity index (χ4v) is 2.67. The number of nitrogen functional groups attached to an aromatic ring is 1. The Hall–Kier alpha value is -1.88. The molecule has 1 aliphatic rings. The first-order valence-corrected chi connectivity index (χ1v) is 7.69. The zero-order valence-corrected chi connectivity index (χ0v) is 13.1. The standard InChI is InChI=1S/C16H16BrN3O/c17-12-3-6-15(18)14(8-12)16(21)20(13-4-5-13)10-11-2-1-7-19-9-11/h1-3,6-9,13H,4-5,10,18H2. The number of aromatic nitrogens is 1. The molecule has 108 valence electrons. The number of amides is 1. The Morgan fingerprint density at radius 2 is 2.19 bits per heavy atom. The minimum absolute atomic E-state index is 0.0137. The lowest BCUT2D eigenvalue weighted by Gasteiger charge is -2.23. The van der Waals surface area contributed by atoms with Gasteiger partial charge in [-0.2, -0.15) is 0 Å². The Kier molecular flexibility index (Phi) is 3.92. The summed E-state index contributed by atoms with van der Waals surface area (Å²) in [6.45, 7) is 0.573. The summed E-state index contributed by atoms with van der Waals surface area (Å²) in [5.41, 5.74) is 8.06. The van der Waals surface area contributed by atoms with Gasteiger partial charge >= 0.3 is 0 Å². The van der Waals surface area contributed by atoms with Crippen molar-refractivity contribution in [3.8, 4) is 0 Å². The predicted molar refractivity (Wildman–Crippen MR) is 85.7 cm³/mol. The van der Waals surface area contributed by atoms with Gasteiger partial charge in [-0.15, -0.1) is 0 Å². The van der Waals surface area contributed by atoms with Crippen molar-refractivity contribution in [3.05, 3.63) is 58.3 Å². The minimum Gasteiger partial charge on any atom is -0.398 e. The van der Waals surface area contributed by atoms with E-state index in [-0.39, 0.29) is 5.91 Å². The van der Waals surface area contributed by atoms with E-state index in [9.17, 15) is 4.79 Å². The quantitative estimate of drug-likeness (QED) is 0.865. The number of anilines is 1. The van der Waals surface area contributed by atoms with Crippen LogP contribution in [0.5, 0.6) is 0 Å². The maximum Gasteiger partial charge on any atom is 0.256 e. The number of benzene rings is 1. The Morgan fingerprint density at radius 3 is 2.86 bits per heavy atom. The van der Waals surface area contributed by atoms with Crippen LogP contribution in [-0.2, 0) is 6.54 Å². The number of nitrogens with zero attached hydrogens (tertiary/aromatic N) is 2. The molecule has 0 spiro atoms. The molecule has 0 radical (unpaired) electrons. The molecular weight excluding hydrogens is 330 g/mol. The van der Waals surface area contributed by atoms with Crippen molar-refractivity contribution in [2.45, 2.75) is 25.4 Å². The van der Waals surface area contributed by atoms with E-state index in [1.807, 2.05) is 23.1 Å². The zero-order chi connectivity index (χ0) is 14.8. The van der Waals surface area contributed by atoms with Gasteiger partial charge in [0, 0.05) is 35.1 Å². The summed E-state index contributed by atoms with van der Waals surface area (Å²) in [7, 11) is 0. The Bertz CT molecular complexity index is 656. The smallest absolute Gasteiger partial charge is 0.256 e. The van der Waals surface area contributed by atoms with Crippen LogP contribution in [-0.4, -0.2) is 21.8 Å². The molecule has 1 amide bonds. The number of carbonyl (C=O) groups is 1. The second kappa shape index (κ2) is 5.85. The van der Waals surface area contributed by atoms with Gasteiger partial charge < -0.3 is 10.6 Å². The molecule has 3 rings (SSSR count). The van der Waals surface area contributed by atoms with Crippen LogP contribution in [0, 0.1) is 0 Å². The van der Waals surface area contributed by atoms with Crippen LogP contribution in [0.3, 0.4) is 0 Å². The summed E-state index contributed by atoms with van der Waals surface area (Å²) >= 11 is 3.40. The van der Waals surface area contributed by atoms with Crippen molar-refractivity contribution >= 4 is 27.5 Å². The van der Waals surface area contributed by atoms with Gasteiger partial charge in [0.15, 0.2) is 0 Å². The number of carbonyl (C=O) groups excluding carboxylic acids is 1. The predicted octanol–water partition coefficient (Wildman–Crippen LogP) is 3.23. The fourth-order valence-electron chi connectivity index (χ4n) is 2.31. The van der Waals surface area contributed by atoms with Gasteiger partial charge in [0.05, 0.1) is 5.56 Å². The van der Waals surface area contributed by atoms with Gasteiger partial charge in [-0.3, -0.25) is 9.78 Å². The summed E-state index contributed by atoms with van der Waals surface area (Å²) < 4.78 is 0.858. The van der Waals surface area contributed by atoms with Gasteiger partial charge in [0.2, 0.25) is 0 Å². The summed E-state index contributed by atoms with van der Waals surface area (Å²) in [4.78, 5) is 18.8. The van der Waals surface area contributed by atoms with E-state index in [1.54, 1.807) is 24.5 Å². The van der Waals surface area contributed by atoms with E-state index in [4.69, 9.17) is 5.73 Å². The number of hydrogen-bond donors (Lipinski definition) is 1. The van der Waals surface area contributed by atoms with E-state index in [0.29, 0.717) is 23.8 Å². The Balaban J connectivity index is 1.87. The van der Waals surface area contributed by atoms with E-state index in [0.717, 1.165) is 22.9 Å². The molecule has 0 saturated heterocycles. The van der Waals surface area contributed by atoms with Crippen LogP contribution < -0.4 is 5.73 Å². The lowest BCUT2D eigenvalue weighted by atomic mass is 10.1. The highest BCUT2D eigenvalue weighted by Gasteiger charge is 2.33. The molecule has 21 heavy (non-hydrogen) atoms. The summed E-state index contributed by atoms with van der Waals surface area (Å²) in [6, 6.07) is 9.58. The number of hydrogen-bond acceptors (Lipinski definition) is 3. The topological polar surface area (TPSA) is 59.2 Å². The van der Waals surface area contributed by atoms with Crippen LogP contribution in [0.15, 0.2) is 47.2 Å². The van der Waals surface area contributed by atoms with Gasteiger partial charge in [-0.05, 0) is 42.7 Å². The lowest BCUT2D eigenvalue weighted by Crippen LogP contribution is -2.33. The highest BCUT2D eigenvalue weighted by atomic mass is 79.9. The maximum absolute atomic E-state index is 12.8. The van der Waals surface area contributed by atoms with Crippen LogP contribution in [0.25, 0.3) is 0 Å². The van der Waals surface area contributed by atoms with E-state index in [1.165, 1.54) is 0 Å². The molecule has 1 aliphatic carbocycles. The number of nitrogens with two attached hydrogens (primary N) is 1. The largest absolute Gasteiger partial charge is 0.398 e. The molecule has 0 unspecified atom stereocenters. The van der Waals surface area contributed by atoms with Crippen molar-refractivity contribution < 1.29 is 4.79 Å². The third kappa shape index (κ3) is 3.24. The molecule has 1 heterocycles. The van der Waals surface area contributed by atoms with Crippen molar-refractivity contribution in [1.82, 2.24) is 9.88 Å². The number of rotatable bonds is 4. The van der Waals surface area contributed by atoms with Gasteiger partial charge in [0.1, 0.15) is 0 Å². The molecular formula is C16H16BrN3O. The molecule has 0 aliphatic heterocycles. The molecule has 1 fully saturated rings. The fraction of sp³-hybridized carbons (Fsp3) is 0.250. The average Bonchev–Trinajstić information content (AvgIpc) is 3.32. The van der Waals surface area contributed by atoms with Crippen molar-refractivity contribution in [2.75, 3.05) is 5.73 Å². The van der Waals surface area contributed by atoms with Crippen LogP contribution in [0.1, 0.15) is 28.8 Å². The number of halogens is 1. The molecule has 2 aromatic rings. The van der Waals surface area contributed by atoms with Crippen molar-refractivity contribution in [1.29, 1.82) is 0 Å². The Morgan fingerprint density at radius 1 is 1.38 bits per heavy atom. The summed E-state index contributed by atoms with van der Waals surface area (Å²) in [6.07, 6.45) is 5.64. The highest BCUT2D eigenvalue weighted by Crippen LogP contribution is 2.31. The highest BCUT2D eigenvalue weighted by molar-refractivity contribution is 9.10. The van der Waals surface area contributed by atoms with Gasteiger partial charge in [0.25, 0.3) is 5.91 Å². The molecule has 4 nitrogen and oxygen atoms in total. The van der Waals surface area contributed by atoms with Gasteiger partial charge in [-0.1, -0.05) is 22.0 Å². The van der Waals surface area contributed by atoms with Crippen molar-refractivity contribution in [3.63, 3.8) is 0 Å². The monoisotopic (exact) mass is 345 g/mol. The SMILES string of the molecule is Nc1ccc(Br)cc1C(=O)N(Cc1cccnc1)C1CC1. The van der Waals surface area contributed by atoms with E-state index >= 15 is 0 Å². The maximum atomic E-state index is 12.8. The van der Waals surface area contributed by atoms with E-state index in [2.05, 4.69) is 20.9 Å². The first-order chi connectivity index (χ1) is 10.1.